The van der Waals surface area contributed by atoms with Crippen LogP contribution in [-0.4, -0.2) is 17.0 Å². The molecule has 0 unspecified atom stereocenters. The fourth-order valence-corrected chi connectivity index (χ4v) is 2.25. The first-order chi connectivity index (χ1) is 8.28. The van der Waals surface area contributed by atoms with Gasteiger partial charge in [-0.25, -0.2) is 0 Å². The van der Waals surface area contributed by atoms with Crippen LogP contribution in [0.25, 0.3) is 0 Å². The van der Waals surface area contributed by atoms with Crippen molar-refractivity contribution >= 4 is 21.6 Å². The Bertz CT molecular complexity index is 379. The second kappa shape index (κ2) is 6.17. The van der Waals surface area contributed by atoms with Gasteiger partial charge >= 0.3 is 0 Å². The molecule has 0 spiro atoms. The van der Waals surface area contributed by atoms with Crippen LogP contribution in [0.1, 0.15) is 31.2 Å². The van der Waals surface area contributed by atoms with E-state index in [1.165, 1.54) is 5.56 Å². The zero-order valence-corrected chi connectivity index (χ0v) is 11.2. The van der Waals surface area contributed by atoms with Crippen molar-refractivity contribution in [1.82, 2.24) is 0 Å². The molecule has 4 heteroatoms. The summed E-state index contributed by atoms with van der Waals surface area (Å²) in [5, 5.41) is 11.9. The number of oxime groups is 1. The molecule has 0 bridgehead atoms. The van der Waals surface area contributed by atoms with Crippen LogP contribution in [0.15, 0.2) is 33.9 Å². The fourth-order valence-electron chi connectivity index (χ4n) is 1.99. The predicted octanol–water partition coefficient (Wildman–Crippen LogP) is 3.74. The monoisotopic (exact) mass is 297 g/mol. The largest absolute Gasteiger partial charge is 0.411 e. The highest BCUT2D eigenvalue weighted by Crippen LogP contribution is 2.20. The molecule has 0 radical (unpaired) electrons. The number of hydrogen-bond donors (Lipinski definition) is 1. The SMILES string of the molecule is ON=C1CCC(OCc2ccc(Br)cc2)CC1. The zero-order valence-electron chi connectivity index (χ0n) is 9.60. The summed E-state index contributed by atoms with van der Waals surface area (Å²) in [7, 11) is 0. The topological polar surface area (TPSA) is 41.8 Å². The highest BCUT2D eigenvalue weighted by molar-refractivity contribution is 9.10. The van der Waals surface area contributed by atoms with Crippen LogP contribution in [0.2, 0.25) is 0 Å². The van der Waals surface area contributed by atoms with Gasteiger partial charge in [-0.15, -0.1) is 0 Å². The summed E-state index contributed by atoms with van der Waals surface area (Å²) in [6.45, 7) is 0.656. The Morgan fingerprint density at radius 1 is 1.24 bits per heavy atom. The lowest BCUT2D eigenvalue weighted by molar-refractivity contribution is 0.0277. The third-order valence-corrected chi connectivity index (χ3v) is 3.58. The molecule has 1 N–H and O–H groups in total. The van der Waals surface area contributed by atoms with Crippen molar-refractivity contribution in [3.05, 3.63) is 34.3 Å². The van der Waals surface area contributed by atoms with Gasteiger partial charge in [-0.05, 0) is 43.4 Å². The summed E-state index contributed by atoms with van der Waals surface area (Å²) in [5.74, 6) is 0. The van der Waals surface area contributed by atoms with E-state index < -0.39 is 0 Å². The number of rotatable bonds is 3. The molecule has 17 heavy (non-hydrogen) atoms. The van der Waals surface area contributed by atoms with Gasteiger partial charge in [0.05, 0.1) is 18.4 Å². The molecule has 0 saturated heterocycles. The van der Waals surface area contributed by atoms with E-state index in [1.54, 1.807) is 0 Å². The molecule has 0 aromatic heterocycles. The maximum Gasteiger partial charge on any atom is 0.0720 e. The van der Waals surface area contributed by atoms with E-state index in [4.69, 9.17) is 9.94 Å². The van der Waals surface area contributed by atoms with Gasteiger partial charge in [-0.2, -0.15) is 0 Å². The van der Waals surface area contributed by atoms with Crippen LogP contribution in [0.3, 0.4) is 0 Å². The maximum absolute atomic E-state index is 8.65. The van der Waals surface area contributed by atoms with Gasteiger partial charge in [0.2, 0.25) is 0 Å². The van der Waals surface area contributed by atoms with Gasteiger partial charge in [-0.3, -0.25) is 0 Å². The molecule has 0 aliphatic heterocycles. The third-order valence-electron chi connectivity index (χ3n) is 3.05. The maximum atomic E-state index is 8.65. The lowest BCUT2D eigenvalue weighted by Gasteiger charge is -2.22. The lowest BCUT2D eigenvalue weighted by Crippen LogP contribution is -2.21. The smallest absolute Gasteiger partial charge is 0.0720 e. The van der Waals surface area contributed by atoms with Crippen molar-refractivity contribution < 1.29 is 9.94 Å². The standard InChI is InChI=1S/C13H16BrNO2/c14-11-3-1-10(2-4-11)9-17-13-7-5-12(15-16)6-8-13/h1-4,13,16H,5-9H2. The minimum Gasteiger partial charge on any atom is -0.411 e. The van der Waals surface area contributed by atoms with Crippen molar-refractivity contribution in [2.45, 2.75) is 38.4 Å². The lowest BCUT2D eigenvalue weighted by atomic mass is 9.96. The minimum atomic E-state index is 0.296. The number of benzene rings is 1. The Morgan fingerprint density at radius 2 is 1.88 bits per heavy atom. The Hall–Kier alpha value is -0.870. The first kappa shape index (κ1) is 12.6. The molecule has 0 amide bonds. The number of hydrogen-bond acceptors (Lipinski definition) is 3. The van der Waals surface area contributed by atoms with E-state index in [0.717, 1.165) is 35.9 Å². The molecule has 3 nitrogen and oxygen atoms in total. The van der Waals surface area contributed by atoms with Crippen LogP contribution >= 0.6 is 15.9 Å². The third kappa shape index (κ3) is 3.82. The summed E-state index contributed by atoms with van der Waals surface area (Å²) >= 11 is 3.41. The summed E-state index contributed by atoms with van der Waals surface area (Å²) in [5.41, 5.74) is 2.09. The number of halogens is 1. The molecular weight excluding hydrogens is 282 g/mol. The average Bonchev–Trinajstić information content (AvgIpc) is 2.39. The van der Waals surface area contributed by atoms with Crippen molar-refractivity contribution in [3.8, 4) is 0 Å². The quantitative estimate of drug-likeness (QED) is 0.682. The fraction of sp³-hybridized carbons (Fsp3) is 0.462. The van der Waals surface area contributed by atoms with Crippen LogP contribution in [-0.2, 0) is 11.3 Å². The highest BCUT2D eigenvalue weighted by atomic mass is 79.9. The Labute approximate surface area is 110 Å². The molecule has 92 valence electrons. The summed E-state index contributed by atoms with van der Waals surface area (Å²) in [6.07, 6.45) is 3.90. The molecular formula is C13H16BrNO2. The van der Waals surface area contributed by atoms with E-state index in [-0.39, 0.29) is 0 Å². The normalized spacial score (nSPS) is 20.3. The van der Waals surface area contributed by atoms with Crippen LogP contribution < -0.4 is 0 Å². The van der Waals surface area contributed by atoms with Crippen molar-refractivity contribution in [1.29, 1.82) is 0 Å². The average molecular weight is 298 g/mol. The van der Waals surface area contributed by atoms with Crippen molar-refractivity contribution in [3.63, 3.8) is 0 Å². The molecule has 0 heterocycles. The Morgan fingerprint density at radius 3 is 2.47 bits per heavy atom. The van der Waals surface area contributed by atoms with Crippen LogP contribution in [0.5, 0.6) is 0 Å². The first-order valence-electron chi connectivity index (χ1n) is 5.84. The predicted molar refractivity (Wildman–Crippen MR) is 70.4 cm³/mol. The zero-order chi connectivity index (χ0) is 12.1. The Kier molecular flexibility index (Phi) is 4.57. The second-order valence-electron chi connectivity index (χ2n) is 4.30. The van der Waals surface area contributed by atoms with Gasteiger partial charge in [-0.1, -0.05) is 33.2 Å². The highest BCUT2D eigenvalue weighted by Gasteiger charge is 2.18. The van der Waals surface area contributed by atoms with Crippen molar-refractivity contribution in [2.24, 2.45) is 5.16 Å². The number of ether oxygens (including phenoxy) is 1. The van der Waals surface area contributed by atoms with E-state index in [9.17, 15) is 0 Å². The Balaban J connectivity index is 1.77. The van der Waals surface area contributed by atoms with Crippen molar-refractivity contribution in [2.75, 3.05) is 0 Å². The summed E-state index contributed by atoms with van der Waals surface area (Å²) in [6, 6.07) is 8.17. The van der Waals surface area contributed by atoms with Gasteiger partial charge in [0.15, 0.2) is 0 Å². The minimum absolute atomic E-state index is 0.296. The van der Waals surface area contributed by atoms with Gasteiger partial charge < -0.3 is 9.94 Å². The van der Waals surface area contributed by atoms with E-state index >= 15 is 0 Å². The van der Waals surface area contributed by atoms with Gasteiger partial charge in [0.1, 0.15) is 0 Å². The molecule has 1 saturated carbocycles. The van der Waals surface area contributed by atoms with E-state index in [1.807, 2.05) is 12.1 Å². The van der Waals surface area contributed by atoms with Crippen LogP contribution in [0, 0.1) is 0 Å². The molecule has 1 aliphatic carbocycles. The summed E-state index contributed by atoms with van der Waals surface area (Å²) in [4.78, 5) is 0. The van der Waals surface area contributed by atoms with Gasteiger partial charge in [0.25, 0.3) is 0 Å². The number of nitrogens with zero attached hydrogens (tertiary/aromatic N) is 1. The first-order valence-corrected chi connectivity index (χ1v) is 6.63. The van der Waals surface area contributed by atoms with E-state index in [0.29, 0.717) is 12.7 Å². The van der Waals surface area contributed by atoms with E-state index in [2.05, 4.69) is 33.2 Å². The second-order valence-corrected chi connectivity index (χ2v) is 5.22. The molecule has 1 aromatic rings. The molecule has 1 fully saturated rings. The summed E-state index contributed by atoms with van der Waals surface area (Å²) < 4.78 is 6.94. The molecule has 1 aliphatic rings. The van der Waals surface area contributed by atoms with Crippen LogP contribution in [0.4, 0.5) is 0 Å². The molecule has 2 rings (SSSR count). The molecule has 1 aromatic carbocycles. The van der Waals surface area contributed by atoms with Gasteiger partial charge in [0, 0.05) is 4.47 Å². The molecule has 0 atom stereocenters.